The molecule has 1 aromatic carbocycles. The standard InChI is InChI=1S/C17H22N2O3/c1-2-22-15(20)10-7-13-5-8-14(9-6-13)19-16(21)17(18)11-3-4-12-17/h5-10H,2-4,11-12,18H2,1H3,(H,19,21). The van der Waals surface area contributed by atoms with Crippen LogP contribution in [0.25, 0.3) is 6.08 Å². The van der Waals surface area contributed by atoms with Gasteiger partial charge in [-0.1, -0.05) is 25.0 Å². The number of ether oxygens (including phenoxy) is 1. The molecule has 3 N–H and O–H groups in total. The molecule has 1 amide bonds. The van der Waals surface area contributed by atoms with Crippen LogP contribution in [0.2, 0.25) is 0 Å². The predicted molar refractivity (Wildman–Crippen MR) is 86.1 cm³/mol. The Balaban J connectivity index is 1.94. The Hall–Kier alpha value is -2.14. The summed E-state index contributed by atoms with van der Waals surface area (Å²) in [4.78, 5) is 23.4. The fourth-order valence-corrected chi connectivity index (χ4v) is 2.52. The monoisotopic (exact) mass is 302 g/mol. The lowest BCUT2D eigenvalue weighted by Gasteiger charge is -2.22. The fraction of sp³-hybridized carbons (Fsp3) is 0.412. The highest BCUT2D eigenvalue weighted by Gasteiger charge is 2.36. The van der Waals surface area contributed by atoms with Crippen LogP contribution in [0.4, 0.5) is 5.69 Å². The molecule has 1 fully saturated rings. The second kappa shape index (κ2) is 7.22. The van der Waals surface area contributed by atoms with Gasteiger partial charge in [-0.2, -0.15) is 0 Å². The first-order valence-electron chi connectivity index (χ1n) is 7.59. The number of carbonyl (C=O) groups excluding carboxylic acids is 2. The number of carbonyl (C=O) groups is 2. The van der Waals surface area contributed by atoms with Gasteiger partial charge in [0.1, 0.15) is 0 Å². The smallest absolute Gasteiger partial charge is 0.330 e. The van der Waals surface area contributed by atoms with Crippen molar-refractivity contribution in [2.24, 2.45) is 5.73 Å². The first kappa shape index (κ1) is 16.2. The van der Waals surface area contributed by atoms with Gasteiger partial charge in [-0.05, 0) is 43.5 Å². The van der Waals surface area contributed by atoms with Crippen molar-refractivity contribution in [1.82, 2.24) is 0 Å². The van der Waals surface area contributed by atoms with E-state index in [2.05, 4.69) is 5.32 Å². The average molecular weight is 302 g/mol. The molecule has 22 heavy (non-hydrogen) atoms. The lowest BCUT2D eigenvalue weighted by atomic mass is 9.98. The van der Waals surface area contributed by atoms with Crippen molar-refractivity contribution in [3.63, 3.8) is 0 Å². The third-order valence-corrected chi connectivity index (χ3v) is 3.82. The molecule has 0 unspecified atom stereocenters. The van der Waals surface area contributed by atoms with E-state index in [0.717, 1.165) is 31.2 Å². The number of anilines is 1. The quantitative estimate of drug-likeness (QED) is 0.646. The maximum Gasteiger partial charge on any atom is 0.330 e. The van der Waals surface area contributed by atoms with Crippen LogP contribution < -0.4 is 11.1 Å². The van der Waals surface area contributed by atoms with Gasteiger partial charge >= 0.3 is 5.97 Å². The van der Waals surface area contributed by atoms with Gasteiger partial charge in [0.25, 0.3) is 0 Å². The van der Waals surface area contributed by atoms with E-state index < -0.39 is 5.54 Å². The topological polar surface area (TPSA) is 81.4 Å². The highest BCUT2D eigenvalue weighted by Crippen LogP contribution is 2.28. The van der Waals surface area contributed by atoms with E-state index in [9.17, 15) is 9.59 Å². The largest absolute Gasteiger partial charge is 0.463 e. The number of hydrogen-bond acceptors (Lipinski definition) is 4. The number of nitrogens with two attached hydrogens (primary N) is 1. The van der Waals surface area contributed by atoms with Crippen molar-refractivity contribution >= 4 is 23.6 Å². The Labute approximate surface area is 130 Å². The second-order valence-corrected chi connectivity index (χ2v) is 5.52. The van der Waals surface area contributed by atoms with E-state index in [1.807, 2.05) is 12.1 Å². The van der Waals surface area contributed by atoms with Crippen molar-refractivity contribution in [3.8, 4) is 0 Å². The molecular weight excluding hydrogens is 280 g/mol. The Morgan fingerprint density at radius 1 is 1.27 bits per heavy atom. The summed E-state index contributed by atoms with van der Waals surface area (Å²) in [7, 11) is 0. The molecule has 0 radical (unpaired) electrons. The lowest BCUT2D eigenvalue weighted by molar-refractivity contribution is -0.137. The summed E-state index contributed by atoms with van der Waals surface area (Å²) in [6.45, 7) is 2.12. The van der Waals surface area contributed by atoms with Crippen molar-refractivity contribution in [3.05, 3.63) is 35.9 Å². The number of benzene rings is 1. The number of amides is 1. The van der Waals surface area contributed by atoms with Crippen LogP contribution in [-0.2, 0) is 14.3 Å². The zero-order valence-electron chi connectivity index (χ0n) is 12.8. The van der Waals surface area contributed by atoms with Gasteiger partial charge in [0, 0.05) is 11.8 Å². The molecule has 0 spiro atoms. The van der Waals surface area contributed by atoms with E-state index in [1.165, 1.54) is 6.08 Å². The number of hydrogen-bond donors (Lipinski definition) is 2. The Morgan fingerprint density at radius 2 is 1.91 bits per heavy atom. The van der Waals surface area contributed by atoms with Crippen molar-refractivity contribution < 1.29 is 14.3 Å². The third-order valence-electron chi connectivity index (χ3n) is 3.82. The van der Waals surface area contributed by atoms with Gasteiger partial charge in [-0.25, -0.2) is 4.79 Å². The lowest BCUT2D eigenvalue weighted by Crippen LogP contribution is -2.48. The van der Waals surface area contributed by atoms with E-state index in [1.54, 1.807) is 25.1 Å². The molecule has 5 nitrogen and oxygen atoms in total. The molecule has 118 valence electrons. The molecule has 0 atom stereocenters. The highest BCUT2D eigenvalue weighted by molar-refractivity contribution is 5.98. The highest BCUT2D eigenvalue weighted by atomic mass is 16.5. The van der Waals surface area contributed by atoms with Gasteiger partial charge < -0.3 is 15.8 Å². The van der Waals surface area contributed by atoms with Gasteiger partial charge in [0.15, 0.2) is 0 Å². The van der Waals surface area contributed by atoms with Gasteiger partial charge in [-0.15, -0.1) is 0 Å². The van der Waals surface area contributed by atoms with Crippen LogP contribution >= 0.6 is 0 Å². The maximum atomic E-state index is 12.2. The van der Waals surface area contributed by atoms with Crippen LogP contribution in [0.3, 0.4) is 0 Å². The SMILES string of the molecule is CCOC(=O)C=Cc1ccc(NC(=O)C2(N)CCCC2)cc1. The molecule has 0 bridgehead atoms. The molecule has 2 rings (SSSR count). The molecule has 0 aliphatic heterocycles. The normalized spacial score (nSPS) is 16.6. The zero-order valence-corrected chi connectivity index (χ0v) is 12.8. The Morgan fingerprint density at radius 3 is 2.50 bits per heavy atom. The molecule has 5 heteroatoms. The van der Waals surface area contributed by atoms with Gasteiger partial charge in [-0.3, -0.25) is 4.79 Å². The second-order valence-electron chi connectivity index (χ2n) is 5.52. The van der Waals surface area contributed by atoms with E-state index in [-0.39, 0.29) is 11.9 Å². The molecule has 1 aliphatic rings. The summed E-state index contributed by atoms with van der Waals surface area (Å²) >= 11 is 0. The Kier molecular flexibility index (Phi) is 5.33. The average Bonchev–Trinajstić information content (AvgIpc) is 2.95. The fourth-order valence-electron chi connectivity index (χ4n) is 2.52. The van der Waals surface area contributed by atoms with Gasteiger partial charge in [0.2, 0.25) is 5.91 Å². The predicted octanol–water partition coefficient (Wildman–Crippen LogP) is 2.47. The van der Waals surface area contributed by atoms with Crippen LogP contribution in [0.15, 0.2) is 30.3 Å². The number of nitrogens with one attached hydrogen (secondary N) is 1. The minimum atomic E-state index is -0.734. The maximum absolute atomic E-state index is 12.2. The van der Waals surface area contributed by atoms with Crippen molar-refractivity contribution in [2.75, 3.05) is 11.9 Å². The van der Waals surface area contributed by atoms with Crippen LogP contribution in [0.1, 0.15) is 38.2 Å². The van der Waals surface area contributed by atoms with Crippen LogP contribution in [-0.4, -0.2) is 24.0 Å². The third kappa shape index (κ3) is 4.18. The van der Waals surface area contributed by atoms with Crippen molar-refractivity contribution in [1.29, 1.82) is 0 Å². The summed E-state index contributed by atoms with van der Waals surface area (Å²) in [5, 5.41) is 2.86. The van der Waals surface area contributed by atoms with Crippen LogP contribution in [0, 0.1) is 0 Å². The van der Waals surface area contributed by atoms with Crippen LogP contribution in [0.5, 0.6) is 0 Å². The minimum absolute atomic E-state index is 0.125. The zero-order chi connectivity index (χ0) is 16.0. The molecular formula is C17H22N2O3. The molecule has 1 aliphatic carbocycles. The summed E-state index contributed by atoms with van der Waals surface area (Å²) in [6.07, 6.45) is 6.52. The molecule has 1 aromatic rings. The number of esters is 1. The minimum Gasteiger partial charge on any atom is -0.463 e. The van der Waals surface area contributed by atoms with Crippen molar-refractivity contribution in [2.45, 2.75) is 38.1 Å². The first-order chi connectivity index (χ1) is 10.5. The molecule has 0 aromatic heterocycles. The van der Waals surface area contributed by atoms with E-state index in [0.29, 0.717) is 12.3 Å². The first-order valence-corrected chi connectivity index (χ1v) is 7.59. The van der Waals surface area contributed by atoms with Gasteiger partial charge in [0.05, 0.1) is 12.1 Å². The molecule has 1 saturated carbocycles. The summed E-state index contributed by atoms with van der Waals surface area (Å²) in [5.74, 6) is -0.494. The summed E-state index contributed by atoms with van der Waals surface area (Å²) < 4.78 is 4.81. The van der Waals surface area contributed by atoms with E-state index in [4.69, 9.17) is 10.5 Å². The summed E-state index contributed by atoms with van der Waals surface area (Å²) in [5.41, 5.74) is 6.94. The van der Waals surface area contributed by atoms with E-state index >= 15 is 0 Å². The Bertz CT molecular complexity index is 558. The molecule has 0 heterocycles. The number of rotatable bonds is 5. The molecule has 0 saturated heterocycles. The summed E-state index contributed by atoms with van der Waals surface area (Å²) in [6, 6.07) is 7.23.